The number of hydrogen-bond donors (Lipinski definition) is 1. The van der Waals surface area contributed by atoms with Gasteiger partial charge >= 0.3 is 0 Å². The van der Waals surface area contributed by atoms with E-state index in [0.717, 1.165) is 21.7 Å². The Hall–Kier alpha value is -3.56. The molecule has 0 aliphatic rings. The highest BCUT2D eigenvalue weighted by molar-refractivity contribution is 7.92. The molecule has 2 amide bonds. The SMILES string of the molecule is CC[C@H](C)NC(=O)[C@@H](Cc1ccccc1)N(Cc1ccccc1)C(=O)CN(c1cc(Cl)ccc1OC)S(C)(=O)=O. The van der Waals surface area contributed by atoms with E-state index < -0.39 is 28.5 Å². The molecule has 0 bridgehead atoms. The first-order valence-corrected chi connectivity index (χ1v) is 15.2. The van der Waals surface area contributed by atoms with E-state index in [1.54, 1.807) is 12.1 Å². The predicted molar refractivity (Wildman–Crippen MR) is 159 cm³/mol. The number of rotatable bonds is 13. The predicted octanol–water partition coefficient (Wildman–Crippen LogP) is 4.67. The Kier molecular flexibility index (Phi) is 11.0. The van der Waals surface area contributed by atoms with Gasteiger partial charge in [0.25, 0.3) is 0 Å². The maximum atomic E-state index is 14.1. The number of amides is 2. The van der Waals surface area contributed by atoms with Gasteiger partial charge in [-0.2, -0.15) is 0 Å². The second-order valence-electron chi connectivity index (χ2n) is 9.62. The molecule has 1 N–H and O–H groups in total. The standard InChI is InChI=1S/C30H36ClN3O5S/c1-5-22(2)32-30(36)27(18-23-12-8-6-9-13-23)33(20-24-14-10-7-11-15-24)29(35)21-34(40(4,37)38)26-19-25(31)16-17-28(26)39-3/h6-17,19,22,27H,5,18,20-21H2,1-4H3,(H,32,36)/t22-,27+/m0/s1. The summed E-state index contributed by atoms with van der Waals surface area (Å²) in [5, 5.41) is 3.29. The highest BCUT2D eigenvalue weighted by Gasteiger charge is 2.34. The van der Waals surface area contributed by atoms with Crippen molar-refractivity contribution in [1.82, 2.24) is 10.2 Å². The Labute approximate surface area is 241 Å². The van der Waals surface area contributed by atoms with Gasteiger partial charge in [0.15, 0.2) is 0 Å². The quantitative estimate of drug-likeness (QED) is 0.314. The van der Waals surface area contributed by atoms with Crippen LogP contribution < -0.4 is 14.4 Å². The zero-order chi connectivity index (χ0) is 29.3. The second-order valence-corrected chi connectivity index (χ2v) is 12.0. The lowest BCUT2D eigenvalue weighted by atomic mass is 10.0. The van der Waals surface area contributed by atoms with Gasteiger partial charge in [-0.3, -0.25) is 13.9 Å². The molecule has 40 heavy (non-hydrogen) atoms. The number of sulfonamides is 1. The lowest BCUT2D eigenvalue weighted by Gasteiger charge is -2.34. The van der Waals surface area contributed by atoms with E-state index in [2.05, 4.69) is 5.32 Å². The van der Waals surface area contributed by atoms with Gasteiger partial charge in [-0.1, -0.05) is 79.2 Å². The Morgan fingerprint density at radius 2 is 1.57 bits per heavy atom. The summed E-state index contributed by atoms with van der Waals surface area (Å²) in [6, 6.07) is 22.3. The molecule has 0 radical (unpaired) electrons. The number of nitrogens with zero attached hydrogens (tertiary/aromatic N) is 2. The molecule has 0 aliphatic heterocycles. The van der Waals surface area contributed by atoms with Crippen LogP contribution in [0.2, 0.25) is 5.02 Å². The second kappa shape index (κ2) is 14.2. The minimum absolute atomic E-state index is 0.107. The van der Waals surface area contributed by atoms with E-state index in [-0.39, 0.29) is 41.4 Å². The molecule has 0 spiro atoms. The monoisotopic (exact) mass is 585 g/mol. The number of nitrogens with one attached hydrogen (secondary N) is 1. The van der Waals surface area contributed by atoms with Crippen LogP contribution in [0.25, 0.3) is 0 Å². The molecule has 0 unspecified atom stereocenters. The topological polar surface area (TPSA) is 96.0 Å². The number of hydrogen-bond acceptors (Lipinski definition) is 5. The molecule has 3 aromatic rings. The zero-order valence-corrected chi connectivity index (χ0v) is 24.8. The molecule has 2 atom stereocenters. The molecule has 10 heteroatoms. The smallest absolute Gasteiger partial charge is 0.244 e. The van der Waals surface area contributed by atoms with E-state index in [4.69, 9.17) is 16.3 Å². The molecule has 0 aliphatic carbocycles. The van der Waals surface area contributed by atoms with Crippen LogP contribution in [0.3, 0.4) is 0 Å². The maximum absolute atomic E-state index is 14.1. The number of carbonyl (C=O) groups is 2. The summed E-state index contributed by atoms with van der Waals surface area (Å²) in [4.78, 5) is 29.3. The summed E-state index contributed by atoms with van der Waals surface area (Å²) >= 11 is 6.19. The third-order valence-electron chi connectivity index (χ3n) is 6.56. The highest BCUT2D eigenvalue weighted by atomic mass is 35.5. The van der Waals surface area contributed by atoms with Crippen molar-refractivity contribution in [2.45, 2.75) is 45.3 Å². The Morgan fingerprint density at radius 3 is 2.12 bits per heavy atom. The van der Waals surface area contributed by atoms with Crippen molar-refractivity contribution < 1.29 is 22.7 Å². The van der Waals surface area contributed by atoms with E-state index in [9.17, 15) is 18.0 Å². The molecule has 8 nitrogen and oxygen atoms in total. The largest absolute Gasteiger partial charge is 0.495 e. The number of anilines is 1. The van der Waals surface area contributed by atoms with Crippen LogP contribution in [0.15, 0.2) is 78.9 Å². The van der Waals surface area contributed by atoms with Crippen LogP contribution in [0.4, 0.5) is 5.69 Å². The van der Waals surface area contributed by atoms with E-state index >= 15 is 0 Å². The molecule has 3 aromatic carbocycles. The van der Waals surface area contributed by atoms with Crippen LogP contribution in [-0.4, -0.2) is 57.1 Å². The minimum Gasteiger partial charge on any atom is -0.495 e. The number of halogens is 1. The number of ether oxygens (including phenoxy) is 1. The normalized spacial score (nSPS) is 12.7. The van der Waals surface area contributed by atoms with Crippen molar-refractivity contribution in [3.8, 4) is 5.75 Å². The highest BCUT2D eigenvalue weighted by Crippen LogP contribution is 2.33. The fraction of sp³-hybridized carbons (Fsp3) is 0.333. The van der Waals surface area contributed by atoms with Crippen molar-refractivity contribution in [2.75, 3.05) is 24.2 Å². The Bertz CT molecular complexity index is 1390. The molecular weight excluding hydrogens is 550 g/mol. The van der Waals surface area contributed by atoms with Crippen LogP contribution in [0.5, 0.6) is 5.75 Å². The molecule has 214 valence electrons. The van der Waals surface area contributed by atoms with Gasteiger partial charge in [-0.25, -0.2) is 8.42 Å². The fourth-order valence-corrected chi connectivity index (χ4v) is 5.24. The average Bonchev–Trinajstić information content (AvgIpc) is 2.93. The minimum atomic E-state index is -3.95. The van der Waals surface area contributed by atoms with Gasteiger partial charge in [0.05, 0.1) is 19.1 Å². The third-order valence-corrected chi connectivity index (χ3v) is 7.92. The van der Waals surface area contributed by atoms with Crippen molar-refractivity contribution in [3.63, 3.8) is 0 Å². The number of benzene rings is 3. The van der Waals surface area contributed by atoms with Gasteiger partial charge < -0.3 is 15.0 Å². The molecule has 0 aromatic heterocycles. The molecule has 3 rings (SSSR count). The molecular formula is C30H36ClN3O5S. The summed E-state index contributed by atoms with van der Waals surface area (Å²) in [5.74, 6) is -0.613. The van der Waals surface area contributed by atoms with Crippen LogP contribution in [-0.2, 0) is 32.6 Å². The Balaban J connectivity index is 2.08. The molecule has 0 saturated carbocycles. The summed E-state index contributed by atoms with van der Waals surface area (Å²) in [5.41, 5.74) is 1.81. The summed E-state index contributed by atoms with van der Waals surface area (Å²) in [6.07, 6.45) is 1.98. The first kappa shape index (κ1) is 31.0. The molecule has 0 heterocycles. The van der Waals surface area contributed by atoms with Crippen molar-refractivity contribution in [1.29, 1.82) is 0 Å². The molecule has 0 fully saturated rings. The molecule has 0 saturated heterocycles. The summed E-state index contributed by atoms with van der Waals surface area (Å²) in [7, 11) is -2.54. The number of methoxy groups -OCH3 is 1. The van der Waals surface area contributed by atoms with Crippen LogP contribution >= 0.6 is 11.6 Å². The first-order chi connectivity index (χ1) is 19.0. The van der Waals surface area contributed by atoms with Crippen LogP contribution in [0, 0.1) is 0 Å². The van der Waals surface area contributed by atoms with E-state index in [1.165, 1.54) is 18.1 Å². The van der Waals surface area contributed by atoms with Gasteiger partial charge in [0.2, 0.25) is 21.8 Å². The van der Waals surface area contributed by atoms with Crippen molar-refractivity contribution in [3.05, 3.63) is 95.0 Å². The number of carbonyl (C=O) groups excluding carboxylic acids is 2. The lowest BCUT2D eigenvalue weighted by Crippen LogP contribution is -2.54. The lowest BCUT2D eigenvalue weighted by molar-refractivity contribution is -0.140. The van der Waals surface area contributed by atoms with Gasteiger partial charge in [0.1, 0.15) is 18.3 Å². The van der Waals surface area contributed by atoms with Crippen LogP contribution in [0.1, 0.15) is 31.4 Å². The van der Waals surface area contributed by atoms with Gasteiger partial charge in [0, 0.05) is 24.0 Å². The van der Waals surface area contributed by atoms with E-state index in [0.29, 0.717) is 6.42 Å². The van der Waals surface area contributed by atoms with E-state index in [1.807, 2.05) is 74.5 Å². The van der Waals surface area contributed by atoms with Crippen molar-refractivity contribution >= 4 is 39.1 Å². The maximum Gasteiger partial charge on any atom is 0.244 e. The Morgan fingerprint density at radius 1 is 0.975 bits per heavy atom. The zero-order valence-electron chi connectivity index (χ0n) is 23.2. The summed E-state index contributed by atoms with van der Waals surface area (Å²) < 4.78 is 32.3. The summed E-state index contributed by atoms with van der Waals surface area (Å²) in [6.45, 7) is 3.42. The van der Waals surface area contributed by atoms with Crippen molar-refractivity contribution in [2.24, 2.45) is 0 Å². The third kappa shape index (κ3) is 8.47. The fourth-order valence-electron chi connectivity index (χ4n) is 4.23. The van der Waals surface area contributed by atoms with Gasteiger partial charge in [-0.15, -0.1) is 0 Å². The van der Waals surface area contributed by atoms with Gasteiger partial charge in [-0.05, 0) is 42.7 Å². The average molecular weight is 586 g/mol. The first-order valence-electron chi connectivity index (χ1n) is 13.0.